The van der Waals surface area contributed by atoms with E-state index in [1.54, 1.807) is 0 Å². The van der Waals surface area contributed by atoms with E-state index in [-0.39, 0.29) is 5.41 Å². The van der Waals surface area contributed by atoms with Crippen molar-refractivity contribution in [2.45, 2.75) is 25.7 Å². The molecule has 5 nitrogen and oxygen atoms in total. The summed E-state index contributed by atoms with van der Waals surface area (Å²) in [6, 6.07) is 6.15. The molecule has 0 saturated heterocycles. The van der Waals surface area contributed by atoms with Crippen molar-refractivity contribution < 1.29 is 9.47 Å². The summed E-state index contributed by atoms with van der Waals surface area (Å²) in [5, 5.41) is 6.67. The van der Waals surface area contributed by atoms with Gasteiger partial charge < -0.3 is 20.1 Å². The molecule has 108 valence electrons. The number of nitrogens with zero attached hydrogens (tertiary/aromatic N) is 1. The first-order valence-electron chi connectivity index (χ1n) is 7.07. The van der Waals surface area contributed by atoms with Gasteiger partial charge in [0.15, 0.2) is 17.5 Å². The van der Waals surface area contributed by atoms with Crippen LogP contribution in [-0.4, -0.2) is 32.4 Å². The van der Waals surface area contributed by atoms with E-state index < -0.39 is 0 Å². The minimum Gasteiger partial charge on any atom is -0.454 e. The van der Waals surface area contributed by atoms with E-state index in [9.17, 15) is 0 Å². The molecule has 0 unspecified atom stereocenters. The van der Waals surface area contributed by atoms with Gasteiger partial charge in [-0.15, -0.1) is 0 Å². The topological polar surface area (TPSA) is 54.9 Å². The third-order valence-electron chi connectivity index (χ3n) is 3.75. The van der Waals surface area contributed by atoms with Crippen LogP contribution in [-0.2, 0) is 5.41 Å². The van der Waals surface area contributed by atoms with Crippen molar-refractivity contribution in [2.24, 2.45) is 4.99 Å². The highest BCUT2D eigenvalue weighted by Crippen LogP contribution is 2.36. The molecule has 2 N–H and O–H groups in total. The zero-order chi connectivity index (χ0) is 14.0. The highest BCUT2D eigenvalue weighted by molar-refractivity contribution is 5.80. The van der Waals surface area contributed by atoms with E-state index in [0.29, 0.717) is 6.79 Å². The summed E-state index contributed by atoms with van der Waals surface area (Å²) in [6.45, 7) is 7.45. The summed E-state index contributed by atoms with van der Waals surface area (Å²) in [4.78, 5) is 4.43. The molecule has 20 heavy (non-hydrogen) atoms. The molecule has 0 aliphatic carbocycles. The summed E-state index contributed by atoms with van der Waals surface area (Å²) in [5.74, 6) is 2.57. The molecular weight excluding hydrogens is 254 g/mol. The first-order chi connectivity index (χ1) is 9.65. The van der Waals surface area contributed by atoms with Crippen molar-refractivity contribution in [3.63, 3.8) is 0 Å². The number of hydrogen-bond acceptors (Lipinski definition) is 5. The van der Waals surface area contributed by atoms with Gasteiger partial charge in [0.2, 0.25) is 6.79 Å². The average Bonchev–Trinajstić information content (AvgIpc) is 2.94. The number of benzene rings is 1. The molecule has 0 spiro atoms. The van der Waals surface area contributed by atoms with Crippen LogP contribution >= 0.6 is 0 Å². The Bertz CT molecular complexity index is 526. The number of nitrogens with one attached hydrogen (secondary N) is 2. The van der Waals surface area contributed by atoms with Crippen molar-refractivity contribution in [1.82, 2.24) is 10.6 Å². The van der Waals surface area contributed by atoms with Crippen molar-refractivity contribution >= 4 is 5.96 Å². The smallest absolute Gasteiger partial charge is 0.231 e. The van der Waals surface area contributed by atoms with Crippen molar-refractivity contribution in [1.29, 1.82) is 0 Å². The van der Waals surface area contributed by atoms with Gasteiger partial charge >= 0.3 is 0 Å². The maximum atomic E-state index is 5.45. The first-order valence-corrected chi connectivity index (χ1v) is 7.07. The molecule has 2 heterocycles. The third-order valence-corrected chi connectivity index (χ3v) is 3.75. The lowest BCUT2D eigenvalue weighted by molar-refractivity contribution is 0.174. The Balaban J connectivity index is 1.69. The van der Waals surface area contributed by atoms with E-state index in [2.05, 4.69) is 41.6 Å². The summed E-state index contributed by atoms with van der Waals surface area (Å²) in [6.07, 6.45) is 1.11. The van der Waals surface area contributed by atoms with Crippen molar-refractivity contribution in [3.8, 4) is 11.5 Å². The molecule has 1 aromatic carbocycles. The first kappa shape index (κ1) is 13.1. The van der Waals surface area contributed by atoms with Crippen LogP contribution in [0.3, 0.4) is 0 Å². The molecule has 2 aliphatic rings. The van der Waals surface area contributed by atoms with Crippen LogP contribution in [0.15, 0.2) is 23.2 Å². The molecular formula is C15H21N3O2. The number of hydrogen-bond donors (Lipinski definition) is 2. The fraction of sp³-hybridized carbons (Fsp3) is 0.533. The lowest BCUT2D eigenvalue weighted by Crippen LogP contribution is -2.45. The Morgan fingerprint density at radius 2 is 2.15 bits per heavy atom. The Labute approximate surface area is 119 Å². The molecule has 0 bridgehead atoms. The quantitative estimate of drug-likeness (QED) is 0.880. The van der Waals surface area contributed by atoms with Gasteiger partial charge in [0.1, 0.15) is 0 Å². The predicted octanol–water partition coefficient (Wildman–Crippen LogP) is 1.63. The zero-order valence-corrected chi connectivity index (χ0v) is 12.0. The van der Waals surface area contributed by atoms with Gasteiger partial charge in [0.05, 0.1) is 0 Å². The molecule has 1 aromatic rings. The fourth-order valence-corrected chi connectivity index (χ4v) is 2.38. The highest BCUT2D eigenvalue weighted by atomic mass is 16.7. The monoisotopic (exact) mass is 275 g/mol. The molecule has 0 radical (unpaired) electrons. The average molecular weight is 275 g/mol. The van der Waals surface area contributed by atoms with Crippen LogP contribution in [0.25, 0.3) is 0 Å². The van der Waals surface area contributed by atoms with Gasteiger partial charge in [-0.1, -0.05) is 19.9 Å². The Kier molecular flexibility index (Phi) is 3.42. The van der Waals surface area contributed by atoms with E-state index in [0.717, 1.165) is 43.5 Å². The lowest BCUT2D eigenvalue weighted by atomic mass is 9.84. The third kappa shape index (κ3) is 2.66. The summed E-state index contributed by atoms with van der Waals surface area (Å²) >= 11 is 0. The normalized spacial score (nSPS) is 17.4. The van der Waals surface area contributed by atoms with E-state index in [1.165, 1.54) is 5.56 Å². The second-order valence-corrected chi connectivity index (χ2v) is 5.82. The second kappa shape index (κ2) is 5.23. The molecule has 3 rings (SSSR count). The number of guanidine groups is 1. The van der Waals surface area contributed by atoms with Crippen LogP contribution in [0.5, 0.6) is 11.5 Å². The minimum atomic E-state index is -0.0113. The van der Waals surface area contributed by atoms with Crippen LogP contribution in [0.2, 0.25) is 0 Å². The van der Waals surface area contributed by atoms with Gasteiger partial charge in [-0.25, -0.2) is 0 Å². The minimum absolute atomic E-state index is 0.0113. The molecule has 0 saturated carbocycles. The largest absolute Gasteiger partial charge is 0.454 e. The standard InChI is InChI=1S/C15H21N3O2/c1-15(2,9-18-14-16-6-3-7-17-14)11-4-5-12-13(8-11)20-10-19-12/h4-5,8H,3,6-7,9-10H2,1-2H3,(H2,16,17,18). The maximum Gasteiger partial charge on any atom is 0.231 e. The SMILES string of the molecule is CC(C)(CNC1=NCCCN1)c1ccc2c(c1)OCO2. The zero-order valence-electron chi connectivity index (χ0n) is 12.0. The molecule has 0 aromatic heterocycles. The van der Waals surface area contributed by atoms with Crippen LogP contribution in [0.4, 0.5) is 0 Å². The highest BCUT2D eigenvalue weighted by Gasteiger charge is 2.24. The Hall–Kier alpha value is -1.91. The number of ether oxygens (including phenoxy) is 2. The van der Waals surface area contributed by atoms with Crippen molar-refractivity contribution in [2.75, 3.05) is 26.4 Å². The van der Waals surface area contributed by atoms with Gasteiger partial charge in [-0.2, -0.15) is 0 Å². The Morgan fingerprint density at radius 1 is 1.30 bits per heavy atom. The van der Waals surface area contributed by atoms with Gasteiger partial charge in [-0.05, 0) is 24.1 Å². The van der Waals surface area contributed by atoms with Crippen LogP contribution in [0, 0.1) is 0 Å². The number of fused-ring (bicyclic) bond motifs is 1. The van der Waals surface area contributed by atoms with Crippen LogP contribution in [0.1, 0.15) is 25.8 Å². The van der Waals surface area contributed by atoms with Gasteiger partial charge in [0, 0.05) is 25.0 Å². The number of rotatable bonds is 3. The lowest BCUT2D eigenvalue weighted by Gasteiger charge is -2.27. The van der Waals surface area contributed by atoms with E-state index in [4.69, 9.17) is 9.47 Å². The van der Waals surface area contributed by atoms with E-state index in [1.807, 2.05) is 6.07 Å². The van der Waals surface area contributed by atoms with E-state index >= 15 is 0 Å². The Morgan fingerprint density at radius 3 is 2.95 bits per heavy atom. The number of aliphatic imine (C=N–C) groups is 1. The molecule has 0 amide bonds. The van der Waals surface area contributed by atoms with Gasteiger partial charge in [0.25, 0.3) is 0 Å². The molecule has 5 heteroatoms. The summed E-state index contributed by atoms with van der Waals surface area (Å²) in [7, 11) is 0. The molecule has 2 aliphatic heterocycles. The van der Waals surface area contributed by atoms with Crippen LogP contribution < -0.4 is 20.1 Å². The molecule has 0 atom stereocenters. The maximum absolute atomic E-state index is 5.45. The summed E-state index contributed by atoms with van der Waals surface area (Å²) < 4.78 is 10.8. The molecule has 0 fully saturated rings. The van der Waals surface area contributed by atoms with Crippen molar-refractivity contribution in [3.05, 3.63) is 23.8 Å². The summed E-state index contributed by atoms with van der Waals surface area (Å²) in [5.41, 5.74) is 1.22. The van der Waals surface area contributed by atoms with Gasteiger partial charge in [-0.3, -0.25) is 4.99 Å². The second-order valence-electron chi connectivity index (χ2n) is 5.82. The predicted molar refractivity (Wildman–Crippen MR) is 78.5 cm³/mol. The fourth-order valence-electron chi connectivity index (χ4n) is 2.38.